The van der Waals surface area contributed by atoms with E-state index in [1.807, 2.05) is 14.0 Å². The third-order valence-electron chi connectivity index (χ3n) is 3.12. The number of hydrogen-bond acceptors (Lipinski definition) is 2. The van der Waals surface area contributed by atoms with E-state index >= 15 is 0 Å². The van der Waals surface area contributed by atoms with Crippen LogP contribution in [-0.4, -0.2) is 15.1 Å². The van der Waals surface area contributed by atoms with Crippen LogP contribution in [0.15, 0.2) is 6.20 Å². The van der Waals surface area contributed by atoms with Crippen molar-refractivity contribution in [1.29, 1.82) is 0 Å². The Morgan fingerprint density at radius 3 is 2.57 bits per heavy atom. The topological polar surface area (TPSA) is 29.9 Å². The lowest BCUT2D eigenvalue weighted by Crippen LogP contribution is -2.32. The van der Waals surface area contributed by atoms with E-state index in [0.717, 1.165) is 11.6 Å². The average Bonchev–Trinajstić information content (AvgIpc) is 2.61. The highest BCUT2D eigenvalue weighted by molar-refractivity contribution is 5.32. The van der Waals surface area contributed by atoms with Gasteiger partial charge in [-0.25, -0.2) is 4.98 Å². The van der Waals surface area contributed by atoms with Gasteiger partial charge in [0.05, 0.1) is 5.69 Å². The van der Waals surface area contributed by atoms with Crippen molar-refractivity contribution in [3.63, 3.8) is 0 Å². The van der Waals surface area contributed by atoms with E-state index in [0.29, 0.717) is 0 Å². The minimum atomic E-state index is 0.269. The molecule has 0 bridgehead atoms. The molecule has 1 N–H and O–H groups in total. The van der Waals surface area contributed by atoms with Gasteiger partial charge in [0, 0.05) is 18.8 Å². The molecular formula is C11H19N3. The SMILES string of the molecule is Cc1cn(C)c(NC2(C)CCCC2)n1. The Kier molecular flexibility index (Phi) is 2.25. The zero-order valence-corrected chi connectivity index (χ0v) is 9.30. The molecule has 1 heterocycles. The molecule has 14 heavy (non-hydrogen) atoms. The number of rotatable bonds is 2. The standard InChI is InChI=1S/C11H19N3/c1-9-8-14(3)10(12-9)13-11(2)6-4-5-7-11/h8H,4-7H2,1-3H3,(H,12,13). The van der Waals surface area contributed by atoms with Crippen LogP contribution in [0.2, 0.25) is 0 Å². The van der Waals surface area contributed by atoms with Crippen molar-refractivity contribution < 1.29 is 0 Å². The molecule has 0 amide bonds. The lowest BCUT2D eigenvalue weighted by molar-refractivity contribution is 0.525. The molecule has 78 valence electrons. The van der Waals surface area contributed by atoms with Crippen molar-refractivity contribution in [2.45, 2.75) is 45.1 Å². The number of hydrogen-bond donors (Lipinski definition) is 1. The van der Waals surface area contributed by atoms with Crippen LogP contribution in [0.1, 0.15) is 38.3 Å². The zero-order valence-electron chi connectivity index (χ0n) is 9.30. The van der Waals surface area contributed by atoms with Crippen molar-refractivity contribution in [2.75, 3.05) is 5.32 Å². The third-order valence-corrected chi connectivity index (χ3v) is 3.12. The fraction of sp³-hybridized carbons (Fsp3) is 0.727. The largest absolute Gasteiger partial charge is 0.351 e. The lowest BCUT2D eigenvalue weighted by Gasteiger charge is -2.25. The Morgan fingerprint density at radius 1 is 1.43 bits per heavy atom. The van der Waals surface area contributed by atoms with Gasteiger partial charge in [-0.2, -0.15) is 0 Å². The fourth-order valence-corrected chi connectivity index (χ4v) is 2.28. The summed E-state index contributed by atoms with van der Waals surface area (Å²) in [6.07, 6.45) is 7.26. The van der Waals surface area contributed by atoms with Gasteiger partial charge in [0.15, 0.2) is 0 Å². The molecule has 0 unspecified atom stereocenters. The predicted octanol–water partition coefficient (Wildman–Crippen LogP) is 2.47. The molecule has 0 aliphatic heterocycles. The van der Waals surface area contributed by atoms with Crippen molar-refractivity contribution >= 4 is 5.95 Å². The van der Waals surface area contributed by atoms with Gasteiger partial charge >= 0.3 is 0 Å². The number of nitrogens with zero attached hydrogens (tertiary/aromatic N) is 2. The maximum absolute atomic E-state index is 4.47. The van der Waals surface area contributed by atoms with Gasteiger partial charge in [0.2, 0.25) is 5.95 Å². The molecule has 0 radical (unpaired) electrons. The van der Waals surface area contributed by atoms with E-state index < -0.39 is 0 Å². The van der Waals surface area contributed by atoms with Gasteiger partial charge < -0.3 is 9.88 Å². The van der Waals surface area contributed by atoms with Gasteiger partial charge in [-0.3, -0.25) is 0 Å². The summed E-state index contributed by atoms with van der Waals surface area (Å²) in [5.41, 5.74) is 1.35. The summed E-state index contributed by atoms with van der Waals surface area (Å²) < 4.78 is 2.07. The third kappa shape index (κ3) is 1.76. The van der Waals surface area contributed by atoms with E-state index in [9.17, 15) is 0 Å². The molecule has 1 fully saturated rings. The molecule has 0 saturated heterocycles. The number of imidazole rings is 1. The normalized spacial score (nSPS) is 19.9. The van der Waals surface area contributed by atoms with Crippen molar-refractivity contribution in [3.8, 4) is 0 Å². The Bertz CT molecular complexity index is 321. The summed E-state index contributed by atoms with van der Waals surface area (Å²) in [4.78, 5) is 4.47. The second kappa shape index (κ2) is 3.30. The van der Waals surface area contributed by atoms with E-state index in [1.165, 1.54) is 25.7 Å². The first-order valence-corrected chi connectivity index (χ1v) is 5.37. The van der Waals surface area contributed by atoms with Gasteiger partial charge in [0.25, 0.3) is 0 Å². The second-order valence-corrected chi connectivity index (χ2v) is 4.71. The van der Waals surface area contributed by atoms with Crippen LogP contribution in [-0.2, 0) is 7.05 Å². The fourth-order valence-electron chi connectivity index (χ4n) is 2.28. The van der Waals surface area contributed by atoms with E-state index in [2.05, 4.69) is 28.0 Å². The first-order valence-electron chi connectivity index (χ1n) is 5.37. The van der Waals surface area contributed by atoms with Crippen LogP contribution < -0.4 is 5.32 Å². The zero-order chi connectivity index (χ0) is 10.2. The second-order valence-electron chi connectivity index (χ2n) is 4.71. The molecule has 0 spiro atoms. The first-order chi connectivity index (χ1) is 6.59. The number of nitrogens with one attached hydrogen (secondary N) is 1. The summed E-state index contributed by atoms with van der Waals surface area (Å²) in [7, 11) is 2.04. The summed E-state index contributed by atoms with van der Waals surface area (Å²) in [5.74, 6) is 1.01. The van der Waals surface area contributed by atoms with Crippen molar-refractivity contribution in [1.82, 2.24) is 9.55 Å². The summed E-state index contributed by atoms with van der Waals surface area (Å²) in [6.45, 7) is 4.33. The lowest BCUT2D eigenvalue weighted by atomic mass is 10.0. The number of aryl methyl sites for hydroxylation is 2. The highest BCUT2D eigenvalue weighted by Gasteiger charge is 2.29. The molecule has 1 aromatic heterocycles. The van der Waals surface area contributed by atoms with Gasteiger partial charge in [-0.1, -0.05) is 12.8 Å². The van der Waals surface area contributed by atoms with Crippen LogP contribution in [0.5, 0.6) is 0 Å². The van der Waals surface area contributed by atoms with Crippen molar-refractivity contribution in [3.05, 3.63) is 11.9 Å². The van der Waals surface area contributed by atoms with Crippen LogP contribution in [0.25, 0.3) is 0 Å². The quantitative estimate of drug-likeness (QED) is 0.782. The maximum Gasteiger partial charge on any atom is 0.203 e. The molecule has 1 aliphatic rings. The Morgan fingerprint density at radius 2 is 2.07 bits per heavy atom. The highest BCUT2D eigenvalue weighted by Crippen LogP contribution is 2.31. The molecule has 1 saturated carbocycles. The van der Waals surface area contributed by atoms with E-state index in [1.54, 1.807) is 0 Å². The van der Waals surface area contributed by atoms with Gasteiger partial charge in [-0.05, 0) is 26.7 Å². The average molecular weight is 193 g/mol. The van der Waals surface area contributed by atoms with Crippen molar-refractivity contribution in [2.24, 2.45) is 7.05 Å². The monoisotopic (exact) mass is 193 g/mol. The minimum absolute atomic E-state index is 0.269. The molecular weight excluding hydrogens is 174 g/mol. The Balaban J connectivity index is 2.13. The molecule has 0 aromatic carbocycles. The van der Waals surface area contributed by atoms with Gasteiger partial charge in [-0.15, -0.1) is 0 Å². The molecule has 3 heteroatoms. The first kappa shape index (κ1) is 9.56. The Labute approximate surface area is 85.5 Å². The molecule has 1 aliphatic carbocycles. The van der Waals surface area contributed by atoms with Crippen LogP contribution in [0.3, 0.4) is 0 Å². The molecule has 2 rings (SSSR count). The van der Waals surface area contributed by atoms with Crippen LogP contribution in [0, 0.1) is 6.92 Å². The number of anilines is 1. The van der Waals surface area contributed by atoms with E-state index in [4.69, 9.17) is 0 Å². The molecule has 0 atom stereocenters. The highest BCUT2D eigenvalue weighted by atomic mass is 15.2. The van der Waals surface area contributed by atoms with Crippen LogP contribution >= 0.6 is 0 Å². The maximum atomic E-state index is 4.47. The van der Waals surface area contributed by atoms with E-state index in [-0.39, 0.29) is 5.54 Å². The van der Waals surface area contributed by atoms with Crippen LogP contribution in [0.4, 0.5) is 5.95 Å². The molecule has 3 nitrogen and oxygen atoms in total. The summed E-state index contributed by atoms with van der Waals surface area (Å²) >= 11 is 0. The minimum Gasteiger partial charge on any atom is -0.351 e. The molecule has 1 aromatic rings. The number of aromatic nitrogens is 2. The summed E-state index contributed by atoms with van der Waals surface area (Å²) in [6, 6.07) is 0. The smallest absolute Gasteiger partial charge is 0.203 e. The summed E-state index contributed by atoms with van der Waals surface area (Å²) in [5, 5.41) is 3.56. The predicted molar refractivity (Wildman–Crippen MR) is 58.4 cm³/mol. The van der Waals surface area contributed by atoms with Gasteiger partial charge in [0.1, 0.15) is 0 Å². The Hall–Kier alpha value is -0.990.